The van der Waals surface area contributed by atoms with Crippen molar-refractivity contribution in [2.24, 2.45) is 0 Å². The summed E-state index contributed by atoms with van der Waals surface area (Å²) in [4.78, 5) is 2.72. The molecule has 6 bridgehead atoms. The van der Waals surface area contributed by atoms with E-state index in [0.29, 0.717) is 11.8 Å². The molecular formula is C30H18Br4SZr. The first kappa shape index (κ1) is 27.1. The van der Waals surface area contributed by atoms with Crippen LogP contribution in [0.25, 0.3) is 12.2 Å². The van der Waals surface area contributed by atoms with Crippen molar-refractivity contribution in [3.05, 3.63) is 134 Å². The summed E-state index contributed by atoms with van der Waals surface area (Å²) in [7, 11) is 0. The van der Waals surface area contributed by atoms with Crippen LogP contribution in [-0.2, 0) is 23.2 Å². The number of halogens is 4. The van der Waals surface area contributed by atoms with Gasteiger partial charge < -0.3 is 34.0 Å². The van der Waals surface area contributed by atoms with Crippen LogP contribution in [0.1, 0.15) is 45.2 Å². The maximum atomic E-state index is 3.92. The van der Waals surface area contributed by atoms with Crippen LogP contribution in [0.5, 0.6) is 0 Å². The standard InChI is InChI=1S/C15H8BrS.C15H10Br.2BrH.Zr/c16-13-6-7-14-12-5-4-11(15(12)13)9-2-1-3-10(8-9)17-14;16-14-8-4-7-12-9-10-13(15(12)14)11-5-2-1-3-6-11;;;/h1-3,5-8,11H;1-9,13H;2*1H;/q;;;;+2/p-2. The number of fused-ring (bicyclic) bond motifs is 4. The summed E-state index contributed by atoms with van der Waals surface area (Å²) in [6.07, 6.45) is 5.06. The van der Waals surface area contributed by atoms with Gasteiger partial charge in [0.15, 0.2) is 0 Å². The number of hydrogen-bond acceptors (Lipinski definition) is 1. The molecular weight excluding hydrogens is 803 g/mol. The van der Waals surface area contributed by atoms with Crippen molar-refractivity contribution in [1.29, 1.82) is 0 Å². The van der Waals surface area contributed by atoms with Gasteiger partial charge in [0.1, 0.15) is 0 Å². The van der Waals surface area contributed by atoms with E-state index in [1.54, 1.807) is 6.56 Å². The Morgan fingerprint density at radius 3 is 2.17 bits per heavy atom. The average Bonchev–Trinajstić information content (AvgIpc) is 3.42. The minimum Gasteiger partial charge on any atom is -1.00 e. The molecule has 7 rings (SSSR count). The van der Waals surface area contributed by atoms with E-state index in [2.05, 4.69) is 129 Å². The van der Waals surface area contributed by atoms with Gasteiger partial charge in [-0.05, 0) is 0 Å². The van der Waals surface area contributed by atoms with Gasteiger partial charge in [0.2, 0.25) is 0 Å². The smallest absolute Gasteiger partial charge is 1.00 e. The van der Waals surface area contributed by atoms with E-state index in [0.717, 1.165) is 0 Å². The van der Waals surface area contributed by atoms with Crippen LogP contribution in [0.15, 0.2) is 110 Å². The van der Waals surface area contributed by atoms with Gasteiger partial charge in [0.05, 0.1) is 0 Å². The quantitative estimate of drug-likeness (QED) is 0.306. The van der Waals surface area contributed by atoms with Crippen molar-refractivity contribution in [3.8, 4) is 0 Å². The molecule has 1 heterocycles. The molecule has 0 spiro atoms. The van der Waals surface area contributed by atoms with E-state index in [9.17, 15) is 0 Å². The van der Waals surface area contributed by atoms with Gasteiger partial charge >= 0.3 is 234 Å². The molecule has 3 aliphatic rings. The van der Waals surface area contributed by atoms with Crippen LogP contribution in [0.2, 0.25) is 0 Å². The summed E-state index contributed by atoms with van der Waals surface area (Å²) in [5.41, 5.74) is 8.53. The monoisotopic (exact) mass is 816 g/mol. The van der Waals surface area contributed by atoms with Gasteiger partial charge in [0.25, 0.3) is 0 Å². The fourth-order valence-electron chi connectivity index (χ4n) is 5.51. The molecule has 0 amide bonds. The van der Waals surface area contributed by atoms with Crippen molar-refractivity contribution >= 4 is 55.8 Å². The van der Waals surface area contributed by atoms with E-state index in [1.807, 2.05) is 11.8 Å². The third-order valence-corrected chi connectivity index (χ3v) is 12.9. The Morgan fingerprint density at radius 1 is 0.639 bits per heavy atom. The zero-order valence-corrected chi connectivity index (χ0v) is 28.4. The van der Waals surface area contributed by atoms with E-state index < -0.39 is 23.2 Å². The molecule has 2 atom stereocenters. The van der Waals surface area contributed by atoms with Crippen molar-refractivity contribution in [2.75, 3.05) is 0 Å². The van der Waals surface area contributed by atoms with E-state index >= 15 is 0 Å². The molecule has 2 aliphatic carbocycles. The summed E-state index contributed by atoms with van der Waals surface area (Å²) in [5, 5.41) is 0. The van der Waals surface area contributed by atoms with Crippen LogP contribution in [0.3, 0.4) is 0 Å². The molecule has 4 aromatic rings. The van der Waals surface area contributed by atoms with Crippen molar-refractivity contribution < 1.29 is 57.2 Å². The van der Waals surface area contributed by atoms with Crippen LogP contribution >= 0.6 is 43.6 Å². The molecule has 0 saturated carbocycles. The summed E-state index contributed by atoms with van der Waals surface area (Å²) in [6.45, 7) is 0. The molecule has 1 aliphatic heterocycles. The fraction of sp³-hybridized carbons (Fsp3) is 0.0667. The molecule has 0 saturated heterocycles. The maximum absolute atomic E-state index is 3.92. The Balaban J connectivity index is 0.00000133. The largest absolute Gasteiger partial charge is 1.00 e. The molecule has 36 heavy (non-hydrogen) atoms. The summed E-state index contributed by atoms with van der Waals surface area (Å²) in [5.74, 6) is 0.707. The Hall–Kier alpha value is -0.487. The van der Waals surface area contributed by atoms with Gasteiger partial charge in [-0.1, -0.05) is 0 Å². The number of rotatable bonds is 3. The van der Waals surface area contributed by atoms with Gasteiger partial charge in [-0.3, -0.25) is 0 Å². The van der Waals surface area contributed by atoms with Crippen LogP contribution < -0.4 is 34.0 Å². The topological polar surface area (TPSA) is 0 Å². The first-order chi connectivity index (χ1) is 16.7. The second kappa shape index (κ2) is 10.9. The summed E-state index contributed by atoms with van der Waals surface area (Å²) in [6, 6.07) is 31.4. The van der Waals surface area contributed by atoms with Crippen LogP contribution in [0, 0.1) is 0 Å². The van der Waals surface area contributed by atoms with Gasteiger partial charge in [-0.25, -0.2) is 0 Å². The first-order valence-electron chi connectivity index (χ1n) is 11.3. The van der Waals surface area contributed by atoms with E-state index in [1.165, 1.54) is 52.1 Å². The third-order valence-electron chi connectivity index (χ3n) is 6.93. The second-order valence-corrected chi connectivity index (χ2v) is 15.2. The molecule has 0 nitrogen and oxygen atoms in total. The number of benzene rings is 4. The van der Waals surface area contributed by atoms with Crippen LogP contribution in [0.4, 0.5) is 0 Å². The van der Waals surface area contributed by atoms with Gasteiger partial charge in [0, 0.05) is 0 Å². The predicted molar refractivity (Wildman–Crippen MR) is 145 cm³/mol. The van der Waals surface area contributed by atoms with E-state index in [-0.39, 0.29) is 34.0 Å². The minimum atomic E-state index is -1.07. The van der Waals surface area contributed by atoms with Crippen molar-refractivity contribution in [2.45, 2.75) is 21.6 Å². The molecule has 4 aromatic carbocycles. The number of allylic oxidation sites excluding steroid dienone is 2. The third kappa shape index (κ3) is 4.52. The van der Waals surface area contributed by atoms with Crippen LogP contribution in [-0.4, -0.2) is 0 Å². The Morgan fingerprint density at radius 2 is 1.33 bits per heavy atom. The molecule has 2 unspecified atom stereocenters. The normalized spacial score (nSPS) is 17.9. The maximum Gasteiger partial charge on any atom is -1.00 e. The molecule has 0 fully saturated rings. The zero-order chi connectivity index (χ0) is 22.8. The van der Waals surface area contributed by atoms with E-state index in [4.69, 9.17) is 0 Å². The van der Waals surface area contributed by atoms with Crippen molar-refractivity contribution in [1.82, 2.24) is 0 Å². The Kier molecular flexibility index (Phi) is 8.24. The molecule has 0 radical (unpaired) electrons. The zero-order valence-electron chi connectivity index (χ0n) is 18.8. The van der Waals surface area contributed by atoms with Gasteiger partial charge in [-0.2, -0.15) is 0 Å². The van der Waals surface area contributed by atoms with Crippen molar-refractivity contribution in [3.63, 3.8) is 0 Å². The Bertz CT molecular complexity index is 1540. The Labute approximate surface area is 265 Å². The number of hydrogen-bond donors (Lipinski definition) is 0. The minimum absolute atomic E-state index is 0. The SMILES string of the molecule is Brc1cccc2c1C(c1ccccc1)[C]([Zr+2][C]1=Cc3c4ccc(Br)c3C1c1cccc(c1)S4)=C2.[Br-].[Br-]. The molecule has 0 N–H and O–H groups in total. The molecule has 0 aromatic heterocycles. The molecule has 6 heteroatoms. The fourth-order valence-corrected chi connectivity index (χ4v) is 11.9. The van der Waals surface area contributed by atoms with Gasteiger partial charge in [-0.15, -0.1) is 0 Å². The molecule has 176 valence electrons. The summed E-state index contributed by atoms with van der Waals surface area (Å²) >= 11 is 8.63. The summed E-state index contributed by atoms with van der Waals surface area (Å²) < 4.78 is 5.75. The average molecular weight is 821 g/mol. The second-order valence-electron chi connectivity index (χ2n) is 8.89. The predicted octanol–water partition coefficient (Wildman–Crippen LogP) is 3.44. The first-order valence-corrected chi connectivity index (χ1v) is 16.2.